The number of rotatable bonds is 7. The summed E-state index contributed by atoms with van der Waals surface area (Å²) in [7, 11) is 0. The number of carbonyl (C=O) groups excluding carboxylic acids is 2. The number of nitro groups is 1. The number of piperidine rings is 1. The molecule has 10 heteroatoms. The highest BCUT2D eigenvalue weighted by atomic mass is 32.1. The van der Waals surface area contributed by atoms with Crippen molar-refractivity contribution in [1.29, 1.82) is 0 Å². The van der Waals surface area contributed by atoms with Crippen molar-refractivity contribution in [2.45, 2.75) is 25.8 Å². The second-order valence-corrected chi connectivity index (χ2v) is 8.17. The first-order valence-electron chi connectivity index (χ1n) is 9.94. The highest BCUT2D eigenvalue weighted by Crippen LogP contribution is 2.26. The molecule has 3 aromatic rings. The topological polar surface area (TPSA) is 110 Å². The van der Waals surface area contributed by atoms with Crippen molar-refractivity contribution in [3.05, 3.63) is 69.0 Å². The average Bonchev–Trinajstić information content (AvgIpc) is 3.43. The molecule has 3 heterocycles. The van der Waals surface area contributed by atoms with Crippen LogP contribution in [0.4, 0.5) is 16.5 Å². The van der Waals surface area contributed by atoms with Gasteiger partial charge in [-0.3, -0.25) is 19.7 Å². The van der Waals surface area contributed by atoms with Gasteiger partial charge in [0, 0.05) is 35.8 Å². The zero-order valence-corrected chi connectivity index (χ0v) is 17.5. The van der Waals surface area contributed by atoms with Gasteiger partial charge < -0.3 is 14.8 Å². The number of hydrogen-bond acceptors (Lipinski definition) is 7. The Labute approximate surface area is 182 Å². The molecule has 31 heavy (non-hydrogen) atoms. The largest absolute Gasteiger partial charge is 0.348 e. The zero-order chi connectivity index (χ0) is 21.8. The molecule has 4 rings (SSSR count). The molecule has 1 amide bonds. The third-order valence-corrected chi connectivity index (χ3v) is 6.08. The minimum atomic E-state index is -0.521. The number of aromatic nitrogens is 2. The third-order valence-electron chi connectivity index (χ3n) is 5.13. The van der Waals surface area contributed by atoms with Crippen molar-refractivity contribution in [3.63, 3.8) is 0 Å². The van der Waals surface area contributed by atoms with Gasteiger partial charge in [-0.25, -0.2) is 4.98 Å². The summed E-state index contributed by atoms with van der Waals surface area (Å²) in [6.07, 6.45) is 5.60. The first-order valence-corrected chi connectivity index (χ1v) is 10.8. The quantitative estimate of drug-likeness (QED) is 0.339. The van der Waals surface area contributed by atoms with E-state index in [9.17, 15) is 19.7 Å². The van der Waals surface area contributed by atoms with E-state index in [-0.39, 0.29) is 17.9 Å². The molecule has 2 aromatic heterocycles. The predicted molar refractivity (Wildman–Crippen MR) is 118 cm³/mol. The molecule has 0 unspecified atom stereocenters. The lowest BCUT2D eigenvalue weighted by atomic mass is 10.1. The number of benzene rings is 1. The summed E-state index contributed by atoms with van der Waals surface area (Å²) in [5, 5.41) is 16.9. The van der Waals surface area contributed by atoms with Crippen molar-refractivity contribution in [2.24, 2.45) is 0 Å². The Morgan fingerprint density at radius 3 is 2.65 bits per heavy atom. The van der Waals surface area contributed by atoms with Crippen LogP contribution in [0.2, 0.25) is 0 Å². The maximum atomic E-state index is 12.8. The van der Waals surface area contributed by atoms with Crippen LogP contribution in [-0.2, 0) is 6.54 Å². The molecule has 0 atom stereocenters. The number of carbonyl (C=O) groups is 2. The van der Waals surface area contributed by atoms with E-state index in [4.69, 9.17) is 0 Å². The maximum absolute atomic E-state index is 12.8. The number of amides is 1. The monoisotopic (exact) mass is 439 g/mol. The minimum Gasteiger partial charge on any atom is -0.348 e. The molecule has 1 fully saturated rings. The summed E-state index contributed by atoms with van der Waals surface area (Å²) < 4.78 is 1.54. The lowest BCUT2D eigenvalue weighted by Crippen LogP contribution is -2.29. The zero-order valence-electron chi connectivity index (χ0n) is 16.7. The van der Waals surface area contributed by atoms with Gasteiger partial charge in [-0.1, -0.05) is 0 Å². The number of anilines is 2. The molecule has 1 saturated heterocycles. The molecule has 0 spiro atoms. The molecular weight excluding hydrogens is 418 g/mol. The van der Waals surface area contributed by atoms with Gasteiger partial charge in [-0.2, -0.15) is 0 Å². The standard InChI is InChI=1S/C21H21N5O4S/c27-13-15-4-6-16(7-5-15)22-20(28)19-10-18(26(29)30)12-25(19)11-17-14-31-21(23-17)24-8-2-1-3-9-24/h4-7,10,12-14H,1-3,8-9,11H2,(H,22,28). The first-order chi connectivity index (χ1) is 15.0. The second kappa shape index (κ2) is 9.09. The van der Waals surface area contributed by atoms with Gasteiger partial charge in [0.1, 0.15) is 12.0 Å². The fourth-order valence-electron chi connectivity index (χ4n) is 3.53. The van der Waals surface area contributed by atoms with E-state index >= 15 is 0 Å². The second-order valence-electron chi connectivity index (χ2n) is 7.33. The van der Waals surface area contributed by atoms with Crippen LogP contribution in [0.25, 0.3) is 0 Å². The smallest absolute Gasteiger partial charge is 0.287 e. The molecule has 0 bridgehead atoms. The van der Waals surface area contributed by atoms with Crippen LogP contribution >= 0.6 is 11.3 Å². The fourth-order valence-corrected chi connectivity index (χ4v) is 4.40. The van der Waals surface area contributed by atoms with E-state index in [1.807, 2.05) is 5.38 Å². The van der Waals surface area contributed by atoms with Crippen LogP contribution in [0.3, 0.4) is 0 Å². The van der Waals surface area contributed by atoms with E-state index in [1.54, 1.807) is 40.2 Å². The van der Waals surface area contributed by atoms with Gasteiger partial charge in [-0.05, 0) is 43.5 Å². The Morgan fingerprint density at radius 1 is 1.23 bits per heavy atom. The molecular formula is C21H21N5O4S. The molecule has 1 N–H and O–H groups in total. The summed E-state index contributed by atoms with van der Waals surface area (Å²) in [6, 6.07) is 7.64. The summed E-state index contributed by atoms with van der Waals surface area (Å²) in [5.74, 6) is -0.474. The van der Waals surface area contributed by atoms with Crippen molar-refractivity contribution in [2.75, 3.05) is 23.3 Å². The van der Waals surface area contributed by atoms with Crippen molar-refractivity contribution in [3.8, 4) is 0 Å². The molecule has 1 aliphatic heterocycles. The number of thiazole rings is 1. The normalized spacial score (nSPS) is 13.7. The summed E-state index contributed by atoms with van der Waals surface area (Å²) in [5.41, 5.74) is 1.74. The Kier molecular flexibility index (Phi) is 6.08. The average molecular weight is 439 g/mol. The van der Waals surface area contributed by atoms with Gasteiger partial charge in [0.15, 0.2) is 5.13 Å². The van der Waals surface area contributed by atoms with Crippen molar-refractivity contribution >= 4 is 40.0 Å². The van der Waals surface area contributed by atoms with Crippen LogP contribution < -0.4 is 10.2 Å². The third kappa shape index (κ3) is 4.80. The summed E-state index contributed by atoms with van der Waals surface area (Å²) in [4.78, 5) is 41.3. The van der Waals surface area contributed by atoms with E-state index in [2.05, 4.69) is 15.2 Å². The predicted octanol–water partition coefficient (Wildman–Crippen LogP) is 3.96. The Balaban J connectivity index is 1.54. The van der Waals surface area contributed by atoms with Crippen LogP contribution in [-0.4, -0.2) is 39.8 Å². The van der Waals surface area contributed by atoms with Crippen LogP contribution in [0, 0.1) is 10.1 Å². The van der Waals surface area contributed by atoms with Gasteiger partial charge in [-0.15, -0.1) is 11.3 Å². The molecule has 0 saturated carbocycles. The Bertz CT molecular complexity index is 1100. The van der Waals surface area contributed by atoms with E-state index < -0.39 is 10.8 Å². The van der Waals surface area contributed by atoms with Gasteiger partial charge in [0.25, 0.3) is 11.6 Å². The highest BCUT2D eigenvalue weighted by molar-refractivity contribution is 7.13. The number of aldehydes is 1. The molecule has 1 aliphatic rings. The van der Waals surface area contributed by atoms with Crippen molar-refractivity contribution < 1.29 is 14.5 Å². The first kappa shape index (κ1) is 20.7. The van der Waals surface area contributed by atoms with Crippen LogP contribution in [0.1, 0.15) is 45.8 Å². The van der Waals surface area contributed by atoms with E-state index in [1.165, 1.54) is 18.7 Å². The molecule has 160 valence electrons. The maximum Gasteiger partial charge on any atom is 0.287 e. The highest BCUT2D eigenvalue weighted by Gasteiger charge is 2.21. The fraction of sp³-hybridized carbons (Fsp3) is 0.286. The number of hydrogen-bond donors (Lipinski definition) is 1. The Morgan fingerprint density at radius 2 is 1.97 bits per heavy atom. The van der Waals surface area contributed by atoms with Gasteiger partial charge in [0.2, 0.25) is 0 Å². The van der Waals surface area contributed by atoms with E-state index in [0.717, 1.165) is 36.8 Å². The number of nitrogens with zero attached hydrogens (tertiary/aromatic N) is 4. The minimum absolute atomic E-state index is 0.159. The van der Waals surface area contributed by atoms with Crippen LogP contribution in [0.15, 0.2) is 41.9 Å². The lowest BCUT2D eigenvalue weighted by molar-refractivity contribution is -0.384. The SMILES string of the molecule is O=Cc1ccc(NC(=O)c2cc([N+](=O)[O-])cn2Cc2csc(N3CCCCC3)n2)cc1. The van der Waals surface area contributed by atoms with Gasteiger partial charge in [0.05, 0.1) is 23.4 Å². The molecule has 9 nitrogen and oxygen atoms in total. The van der Waals surface area contributed by atoms with Crippen molar-refractivity contribution in [1.82, 2.24) is 9.55 Å². The Hall–Kier alpha value is -3.53. The molecule has 1 aromatic carbocycles. The van der Waals surface area contributed by atoms with E-state index in [0.29, 0.717) is 17.5 Å². The molecule has 0 aliphatic carbocycles. The summed E-state index contributed by atoms with van der Waals surface area (Å²) in [6.45, 7) is 2.22. The lowest BCUT2D eigenvalue weighted by Gasteiger charge is -2.25. The number of nitrogens with one attached hydrogen (secondary N) is 1. The van der Waals surface area contributed by atoms with Gasteiger partial charge >= 0.3 is 0 Å². The summed E-state index contributed by atoms with van der Waals surface area (Å²) >= 11 is 1.55. The van der Waals surface area contributed by atoms with Crippen LogP contribution in [0.5, 0.6) is 0 Å². The molecule has 0 radical (unpaired) electrons.